The number of amides is 1. The van der Waals surface area contributed by atoms with E-state index < -0.39 is 0 Å². The molecule has 0 aliphatic rings. The van der Waals surface area contributed by atoms with E-state index in [4.69, 9.17) is 21.1 Å². The number of carbonyl (C=O) groups excluding carboxylic acids is 1. The number of nitrogens with one attached hydrogen (secondary N) is 1. The van der Waals surface area contributed by atoms with Crippen molar-refractivity contribution >= 4 is 28.9 Å². The van der Waals surface area contributed by atoms with Gasteiger partial charge in [0.15, 0.2) is 6.61 Å². The molecule has 5 nitrogen and oxygen atoms in total. The third-order valence-electron chi connectivity index (χ3n) is 3.14. The maximum absolute atomic E-state index is 12.1. The Bertz CT molecular complexity index is 672. The standard InChI is InChI=1S/C17H19ClN2O3/c1-20(2)16-9-4-12(18)10-15(16)19-17(21)11-23-14-7-5-13(22-3)6-8-14/h4-10H,11H2,1-3H3,(H,19,21). The van der Waals surface area contributed by atoms with Crippen LogP contribution in [-0.2, 0) is 4.79 Å². The number of rotatable bonds is 6. The summed E-state index contributed by atoms with van der Waals surface area (Å²) in [6, 6.07) is 12.4. The minimum atomic E-state index is -0.258. The minimum absolute atomic E-state index is 0.0916. The number of nitrogens with zero attached hydrogens (tertiary/aromatic N) is 1. The van der Waals surface area contributed by atoms with Crippen molar-refractivity contribution in [2.24, 2.45) is 0 Å². The Labute approximate surface area is 140 Å². The van der Waals surface area contributed by atoms with Crippen LogP contribution < -0.4 is 19.7 Å². The zero-order valence-corrected chi connectivity index (χ0v) is 14.1. The van der Waals surface area contributed by atoms with Crippen LogP contribution in [0.4, 0.5) is 11.4 Å². The summed E-state index contributed by atoms with van der Waals surface area (Å²) in [5.41, 5.74) is 1.51. The molecule has 0 spiro atoms. The van der Waals surface area contributed by atoms with E-state index >= 15 is 0 Å². The fourth-order valence-electron chi connectivity index (χ4n) is 2.01. The molecule has 0 saturated carbocycles. The molecule has 2 rings (SSSR count). The Hall–Kier alpha value is -2.40. The molecule has 6 heteroatoms. The van der Waals surface area contributed by atoms with Gasteiger partial charge in [0.25, 0.3) is 5.91 Å². The van der Waals surface area contributed by atoms with Crippen molar-refractivity contribution in [1.29, 1.82) is 0 Å². The average molecular weight is 335 g/mol. The van der Waals surface area contributed by atoms with E-state index in [1.807, 2.05) is 25.1 Å². The van der Waals surface area contributed by atoms with Gasteiger partial charge in [-0.25, -0.2) is 0 Å². The first-order valence-corrected chi connectivity index (χ1v) is 7.41. The lowest BCUT2D eigenvalue weighted by Crippen LogP contribution is -2.22. The number of hydrogen-bond acceptors (Lipinski definition) is 4. The van der Waals surface area contributed by atoms with Gasteiger partial charge >= 0.3 is 0 Å². The molecule has 0 aromatic heterocycles. The summed E-state index contributed by atoms with van der Waals surface area (Å²) in [6.45, 7) is -0.0916. The SMILES string of the molecule is COc1ccc(OCC(=O)Nc2cc(Cl)ccc2N(C)C)cc1. The number of carbonyl (C=O) groups is 1. The third kappa shape index (κ3) is 4.79. The lowest BCUT2D eigenvalue weighted by Gasteiger charge is -2.18. The van der Waals surface area contributed by atoms with E-state index in [1.54, 1.807) is 43.5 Å². The average Bonchev–Trinajstić information content (AvgIpc) is 2.53. The van der Waals surface area contributed by atoms with Crippen molar-refractivity contribution in [2.75, 3.05) is 38.0 Å². The molecule has 0 heterocycles. The van der Waals surface area contributed by atoms with Gasteiger partial charge in [0, 0.05) is 19.1 Å². The first kappa shape index (κ1) is 17.0. The van der Waals surface area contributed by atoms with E-state index in [0.717, 1.165) is 11.4 Å². The zero-order valence-electron chi connectivity index (χ0n) is 13.3. The van der Waals surface area contributed by atoms with Crippen LogP contribution in [0.25, 0.3) is 0 Å². The molecule has 0 aliphatic heterocycles. The van der Waals surface area contributed by atoms with Crippen molar-refractivity contribution < 1.29 is 14.3 Å². The van der Waals surface area contributed by atoms with E-state index in [1.165, 1.54) is 0 Å². The van der Waals surface area contributed by atoms with Gasteiger partial charge in [0.1, 0.15) is 11.5 Å². The normalized spacial score (nSPS) is 10.1. The molecule has 0 fully saturated rings. The Balaban J connectivity index is 1.98. The first-order chi connectivity index (χ1) is 11.0. The highest BCUT2D eigenvalue weighted by molar-refractivity contribution is 6.31. The summed E-state index contributed by atoms with van der Waals surface area (Å²) in [6.07, 6.45) is 0. The van der Waals surface area contributed by atoms with Crippen molar-refractivity contribution in [3.63, 3.8) is 0 Å². The Morgan fingerprint density at radius 2 is 1.78 bits per heavy atom. The summed E-state index contributed by atoms with van der Waals surface area (Å²) in [4.78, 5) is 14.0. The second kappa shape index (κ2) is 7.74. The zero-order chi connectivity index (χ0) is 16.8. The highest BCUT2D eigenvalue weighted by Gasteiger charge is 2.10. The van der Waals surface area contributed by atoms with Gasteiger partial charge in [-0.15, -0.1) is 0 Å². The lowest BCUT2D eigenvalue weighted by atomic mass is 10.2. The lowest BCUT2D eigenvalue weighted by molar-refractivity contribution is -0.118. The number of anilines is 2. The Morgan fingerprint density at radius 3 is 2.39 bits per heavy atom. The number of ether oxygens (including phenoxy) is 2. The molecule has 2 aromatic carbocycles. The Kier molecular flexibility index (Phi) is 5.71. The molecule has 23 heavy (non-hydrogen) atoms. The van der Waals surface area contributed by atoms with Gasteiger partial charge in [0.05, 0.1) is 18.5 Å². The number of benzene rings is 2. The maximum Gasteiger partial charge on any atom is 0.262 e. The second-order valence-electron chi connectivity index (χ2n) is 5.07. The number of methoxy groups -OCH3 is 1. The molecule has 0 saturated heterocycles. The summed E-state index contributed by atoms with van der Waals surface area (Å²) in [5.74, 6) is 1.07. The molecule has 0 radical (unpaired) electrons. The molecule has 2 aromatic rings. The maximum atomic E-state index is 12.1. The molecule has 122 valence electrons. The molecule has 0 bridgehead atoms. The predicted molar refractivity (Wildman–Crippen MR) is 92.9 cm³/mol. The van der Waals surface area contributed by atoms with E-state index in [-0.39, 0.29) is 12.5 Å². The summed E-state index contributed by atoms with van der Waals surface area (Å²) in [7, 11) is 5.39. The van der Waals surface area contributed by atoms with Gasteiger partial charge in [-0.05, 0) is 42.5 Å². The van der Waals surface area contributed by atoms with Gasteiger partial charge in [-0.2, -0.15) is 0 Å². The first-order valence-electron chi connectivity index (χ1n) is 7.03. The third-order valence-corrected chi connectivity index (χ3v) is 3.38. The largest absolute Gasteiger partial charge is 0.497 e. The molecule has 0 aliphatic carbocycles. The van der Waals surface area contributed by atoms with E-state index in [2.05, 4.69) is 5.32 Å². The summed E-state index contributed by atoms with van der Waals surface area (Å²) >= 11 is 5.99. The Morgan fingerprint density at radius 1 is 1.13 bits per heavy atom. The van der Waals surface area contributed by atoms with Crippen molar-refractivity contribution in [1.82, 2.24) is 0 Å². The van der Waals surface area contributed by atoms with Crippen LogP contribution in [0.5, 0.6) is 11.5 Å². The van der Waals surface area contributed by atoms with Crippen LogP contribution in [0.15, 0.2) is 42.5 Å². The van der Waals surface area contributed by atoms with Crippen LogP contribution >= 0.6 is 11.6 Å². The smallest absolute Gasteiger partial charge is 0.262 e. The topological polar surface area (TPSA) is 50.8 Å². The number of hydrogen-bond donors (Lipinski definition) is 1. The highest BCUT2D eigenvalue weighted by Crippen LogP contribution is 2.27. The fraction of sp³-hybridized carbons (Fsp3) is 0.235. The van der Waals surface area contributed by atoms with Gasteiger partial charge in [0.2, 0.25) is 0 Å². The van der Waals surface area contributed by atoms with Crippen molar-refractivity contribution in [2.45, 2.75) is 0 Å². The van der Waals surface area contributed by atoms with Crippen molar-refractivity contribution in [3.05, 3.63) is 47.5 Å². The minimum Gasteiger partial charge on any atom is -0.497 e. The van der Waals surface area contributed by atoms with Gasteiger partial charge in [-0.3, -0.25) is 4.79 Å². The van der Waals surface area contributed by atoms with Crippen LogP contribution in [-0.4, -0.2) is 33.7 Å². The highest BCUT2D eigenvalue weighted by atomic mass is 35.5. The molecule has 1 amide bonds. The van der Waals surface area contributed by atoms with Crippen LogP contribution in [0.3, 0.4) is 0 Å². The molecular formula is C17H19ClN2O3. The quantitative estimate of drug-likeness (QED) is 0.879. The van der Waals surface area contributed by atoms with Gasteiger partial charge < -0.3 is 19.7 Å². The number of halogens is 1. The second-order valence-corrected chi connectivity index (χ2v) is 5.50. The molecule has 0 atom stereocenters. The monoisotopic (exact) mass is 334 g/mol. The fourth-order valence-corrected chi connectivity index (χ4v) is 2.18. The van der Waals surface area contributed by atoms with Crippen LogP contribution in [0, 0.1) is 0 Å². The summed E-state index contributed by atoms with van der Waals surface area (Å²) in [5, 5.41) is 3.37. The van der Waals surface area contributed by atoms with Crippen LogP contribution in [0.1, 0.15) is 0 Å². The van der Waals surface area contributed by atoms with Crippen molar-refractivity contribution in [3.8, 4) is 11.5 Å². The molecule has 0 unspecified atom stereocenters. The molecular weight excluding hydrogens is 316 g/mol. The predicted octanol–water partition coefficient (Wildman–Crippen LogP) is 3.43. The van der Waals surface area contributed by atoms with E-state index in [0.29, 0.717) is 16.5 Å². The van der Waals surface area contributed by atoms with Crippen LogP contribution in [0.2, 0.25) is 5.02 Å². The summed E-state index contributed by atoms with van der Waals surface area (Å²) < 4.78 is 10.5. The molecule has 1 N–H and O–H groups in total. The van der Waals surface area contributed by atoms with E-state index in [9.17, 15) is 4.79 Å². The van der Waals surface area contributed by atoms with Gasteiger partial charge in [-0.1, -0.05) is 11.6 Å².